The molecule has 18 heavy (non-hydrogen) atoms. The minimum absolute atomic E-state index is 0.224. The molecule has 90 valence electrons. The summed E-state index contributed by atoms with van der Waals surface area (Å²) in [4.78, 5) is 16.1. The first kappa shape index (κ1) is 12.1. The molecule has 4 heteroatoms. The van der Waals surface area contributed by atoms with Crippen molar-refractivity contribution < 1.29 is 9.21 Å². The van der Waals surface area contributed by atoms with E-state index < -0.39 is 5.92 Å². The highest BCUT2D eigenvalue weighted by atomic mass is 16.3. The standard InChI is InChI=1S/C14H12N2O2/c1-2-11-5-6-13(18-11)14(17)12(8-15)10-4-3-7-16-9-10/h3-7,9,12H,2H2,1H3. The van der Waals surface area contributed by atoms with Crippen molar-refractivity contribution in [2.75, 3.05) is 0 Å². The largest absolute Gasteiger partial charge is 0.458 e. The van der Waals surface area contributed by atoms with Gasteiger partial charge in [-0.05, 0) is 23.8 Å². The number of nitriles is 1. The zero-order chi connectivity index (χ0) is 13.0. The van der Waals surface area contributed by atoms with Crippen molar-refractivity contribution in [1.29, 1.82) is 5.26 Å². The van der Waals surface area contributed by atoms with Crippen LogP contribution in [-0.4, -0.2) is 10.8 Å². The predicted octanol–water partition coefficient (Wildman–Crippen LogP) is 2.73. The van der Waals surface area contributed by atoms with Crippen LogP contribution in [0.3, 0.4) is 0 Å². The summed E-state index contributed by atoms with van der Waals surface area (Å²) in [5.41, 5.74) is 0.583. The van der Waals surface area contributed by atoms with Gasteiger partial charge in [0.1, 0.15) is 11.7 Å². The maximum atomic E-state index is 12.2. The third-order valence-corrected chi connectivity index (χ3v) is 2.66. The minimum atomic E-state index is -0.866. The maximum absolute atomic E-state index is 12.2. The van der Waals surface area contributed by atoms with Crippen molar-refractivity contribution >= 4 is 5.78 Å². The number of furan rings is 1. The molecule has 0 N–H and O–H groups in total. The van der Waals surface area contributed by atoms with Crippen molar-refractivity contribution in [3.05, 3.63) is 53.7 Å². The fourth-order valence-corrected chi connectivity index (χ4v) is 1.67. The molecule has 1 unspecified atom stereocenters. The lowest BCUT2D eigenvalue weighted by Gasteiger charge is -2.05. The summed E-state index contributed by atoms with van der Waals surface area (Å²) in [5.74, 6) is -0.233. The molecule has 0 aliphatic carbocycles. The Balaban J connectivity index is 2.29. The second-order valence-electron chi connectivity index (χ2n) is 3.83. The van der Waals surface area contributed by atoms with E-state index in [1.54, 1.807) is 30.5 Å². The Kier molecular flexibility index (Phi) is 3.54. The molecular weight excluding hydrogens is 228 g/mol. The summed E-state index contributed by atoms with van der Waals surface area (Å²) < 4.78 is 5.38. The van der Waals surface area contributed by atoms with Gasteiger partial charge >= 0.3 is 0 Å². The molecule has 2 heterocycles. The van der Waals surface area contributed by atoms with Gasteiger partial charge in [0.05, 0.1) is 6.07 Å². The van der Waals surface area contributed by atoms with Gasteiger partial charge in [-0.25, -0.2) is 0 Å². The number of hydrogen-bond donors (Lipinski definition) is 0. The molecule has 0 amide bonds. The first-order valence-corrected chi connectivity index (χ1v) is 5.68. The number of carbonyl (C=O) groups is 1. The smallest absolute Gasteiger partial charge is 0.219 e. The van der Waals surface area contributed by atoms with Crippen LogP contribution in [0.4, 0.5) is 0 Å². The predicted molar refractivity (Wildman–Crippen MR) is 65.0 cm³/mol. The number of ketones is 1. The monoisotopic (exact) mass is 240 g/mol. The number of nitrogens with zero attached hydrogens (tertiary/aromatic N) is 2. The van der Waals surface area contributed by atoms with Gasteiger partial charge in [0.2, 0.25) is 5.78 Å². The summed E-state index contributed by atoms with van der Waals surface area (Å²) in [6, 6.07) is 8.77. The van der Waals surface area contributed by atoms with E-state index in [9.17, 15) is 4.79 Å². The fraction of sp³-hybridized carbons (Fsp3) is 0.214. The molecule has 0 spiro atoms. The Morgan fingerprint density at radius 2 is 2.33 bits per heavy atom. The maximum Gasteiger partial charge on any atom is 0.219 e. The first-order chi connectivity index (χ1) is 8.76. The molecule has 0 radical (unpaired) electrons. The summed E-state index contributed by atoms with van der Waals surface area (Å²) in [6.45, 7) is 1.94. The Morgan fingerprint density at radius 3 is 2.89 bits per heavy atom. The van der Waals surface area contributed by atoms with E-state index in [1.165, 1.54) is 6.20 Å². The van der Waals surface area contributed by atoms with Gasteiger partial charge in [0.25, 0.3) is 0 Å². The highest BCUT2D eigenvalue weighted by Crippen LogP contribution is 2.21. The SMILES string of the molecule is CCc1ccc(C(=O)C(C#N)c2cccnc2)o1. The lowest BCUT2D eigenvalue weighted by atomic mass is 9.96. The second-order valence-corrected chi connectivity index (χ2v) is 3.83. The molecule has 2 aromatic heterocycles. The molecule has 0 fully saturated rings. The van der Waals surface area contributed by atoms with Gasteiger partial charge in [-0.2, -0.15) is 5.26 Å². The zero-order valence-corrected chi connectivity index (χ0v) is 9.96. The number of aromatic nitrogens is 1. The van der Waals surface area contributed by atoms with Crippen LogP contribution < -0.4 is 0 Å². The third kappa shape index (κ3) is 2.30. The lowest BCUT2D eigenvalue weighted by molar-refractivity contribution is 0.0950. The second kappa shape index (κ2) is 5.28. The molecule has 0 aliphatic heterocycles. The quantitative estimate of drug-likeness (QED) is 0.770. The lowest BCUT2D eigenvalue weighted by Crippen LogP contribution is -2.10. The van der Waals surface area contributed by atoms with E-state index in [0.717, 1.165) is 12.2 Å². The van der Waals surface area contributed by atoms with Crippen molar-refractivity contribution in [2.24, 2.45) is 0 Å². The van der Waals surface area contributed by atoms with E-state index in [4.69, 9.17) is 9.68 Å². The average molecular weight is 240 g/mol. The molecule has 0 bridgehead atoms. The van der Waals surface area contributed by atoms with Crippen LogP contribution in [0.1, 0.15) is 34.7 Å². The molecule has 4 nitrogen and oxygen atoms in total. The number of aryl methyl sites for hydroxylation is 1. The number of pyridine rings is 1. The highest BCUT2D eigenvalue weighted by Gasteiger charge is 2.24. The van der Waals surface area contributed by atoms with Crippen LogP contribution >= 0.6 is 0 Å². The number of Topliss-reactive ketones (excluding diaryl/α,β-unsaturated/α-hetero) is 1. The summed E-state index contributed by atoms with van der Waals surface area (Å²) >= 11 is 0. The van der Waals surface area contributed by atoms with Crippen molar-refractivity contribution in [3.63, 3.8) is 0 Å². The molecule has 2 rings (SSSR count). The van der Waals surface area contributed by atoms with Gasteiger partial charge in [0, 0.05) is 18.8 Å². The fourth-order valence-electron chi connectivity index (χ4n) is 1.67. The molecule has 0 saturated carbocycles. The van der Waals surface area contributed by atoms with Crippen LogP contribution in [0.15, 0.2) is 41.1 Å². The van der Waals surface area contributed by atoms with E-state index in [1.807, 2.05) is 13.0 Å². The third-order valence-electron chi connectivity index (χ3n) is 2.66. The Labute approximate surface area is 105 Å². The molecule has 1 atom stereocenters. The molecule has 0 aromatic carbocycles. The van der Waals surface area contributed by atoms with Gasteiger partial charge in [-0.15, -0.1) is 0 Å². The van der Waals surface area contributed by atoms with Crippen LogP contribution in [-0.2, 0) is 6.42 Å². The van der Waals surface area contributed by atoms with E-state index in [-0.39, 0.29) is 11.5 Å². The van der Waals surface area contributed by atoms with Crippen LogP contribution in [0.25, 0.3) is 0 Å². The van der Waals surface area contributed by atoms with Crippen molar-refractivity contribution in [2.45, 2.75) is 19.3 Å². The normalized spacial score (nSPS) is 11.8. The summed E-state index contributed by atoms with van der Waals surface area (Å²) in [6.07, 6.45) is 3.84. The van der Waals surface area contributed by atoms with E-state index in [2.05, 4.69) is 4.98 Å². The van der Waals surface area contributed by atoms with Gasteiger partial charge < -0.3 is 4.42 Å². The molecule has 0 aliphatic rings. The first-order valence-electron chi connectivity index (χ1n) is 5.68. The zero-order valence-electron chi connectivity index (χ0n) is 9.96. The Hall–Kier alpha value is -2.41. The minimum Gasteiger partial charge on any atom is -0.458 e. The summed E-state index contributed by atoms with van der Waals surface area (Å²) in [5, 5.41) is 9.13. The molecular formula is C14H12N2O2. The van der Waals surface area contributed by atoms with Crippen LogP contribution in [0.5, 0.6) is 0 Å². The van der Waals surface area contributed by atoms with Gasteiger partial charge in [-0.1, -0.05) is 13.0 Å². The highest BCUT2D eigenvalue weighted by molar-refractivity contribution is 6.00. The topological polar surface area (TPSA) is 66.9 Å². The van der Waals surface area contributed by atoms with Crippen LogP contribution in [0.2, 0.25) is 0 Å². The van der Waals surface area contributed by atoms with Crippen molar-refractivity contribution in [1.82, 2.24) is 4.98 Å². The number of rotatable bonds is 4. The number of hydrogen-bond acceptors (Lipinski definition) is 4. The average Bonchev–Trinajstić information content (AvgIpc) is 2.89. The van der Waals surface area contributed by atoms with Gasteiger partial charge in [0.15, 0.2) is 5.76 Å². The Bertz CT molecular complexity index is 581. The van der Waals surface area contributed by atoms with E-state index in [0.29, 0.717) is 5.56 Å². The molecule has 0 saturated heterocycles. The van der Waals surface area contributed by atoms with Crippen LogP contribution in [0, 0.1) is 11.3 Å². The van der Waals surface area contributed by atoms with E-state index >= 15 is 0 Å². The molecule has 2 aromatic rings. The summed E-state index contributed by atoms with van der Waals surface area (Å²) in [7, 11) is 0. The number of carbonyl (C=O) groups excluding carboxylic acids is 1. The van der Waals surface area contributed by atoms with Gasteiger partial charge in [-0.3, -0.25) is 9.78 Å². The Morgan fingerprint density at radius 1 is 1.50 bits per heavy atom. The van der Waals surface area contributed by atoms with Crippen molar-refractivity contribution in [3.8, 4) is 6.07 Å².